The smallest absolute Gasteiger partial charge is 0.261 e. The number of carbonyl (C=O) groups excluding carboxylic acids is 3. The number of amides is 3. The molecule has 0 bridgehead atoms. The number of ether oxygens (including phenoxy) is 2. The molecule has 0 aliphatic carbocycles. The fraction of sp³-hybridized carbons (Fsp3) is 0.308. The number of hydrogen-bond acceptors (Lipinski definition) is 7. The van der Waals surface area contributed by atoms with Gasteiger partial charge in [0, 0.05) is 11.7 Å². The van der Waals surface area contributed by atoms with Crippen molar-refractivity contribution in [3.05, 3.63) is 70.7 Å². The summed E-state index contributed by atoms with van der Waals surface area (Å²) in [5.41, 5.74) is 0.330. The molecule has 0 aliphatic heterocycles. The molecule has 0 fully saturated rings. The third kappa shape index (κ3) is 6.60. The molecule has 1 atom stereocenters. The maximum absolute atomic E-state index is 13.7. The number of rotatable bonds is 9. The lowest BCUT2D eigenvalue weighted by Crippen LogP contribution is -2.51. The number of thiophene rings is 1. The molecule has 2 aromatic heterocycles. The average molecular weight is 511 g/mol. The molecule has 1 aromatic carbocycles. The van der Waals surface area contributed by atoms with Crippen molar-refractivity contribution in [2.45, 2.75) is 32.4 Å². The largest absolute Gasteiger partial charge is 0.493 e. The molecule has 0 saturated carbocycles. The summed E-state index contributed by atoms with van der Waals surface area (Å²) in [6.45, 7) is 5.24. The minimum absolute atomic E-state index is 0.321. The molecule has 190 valence electrons. The highest BCUT2D eigenvalue weighted by atomic mass is 32.1. The molecular formula is C26H30N4O5S. The van der Waals surface area contributed by atoms with Crippen molar-refractivity contribution in [1.29, 1.82) is 0 Å². The van der Waals surface area contributed by atoms with Crippen LogP contribution in [0.2, 0.25) is 0 Å². The Kier molecular flexibility index (Phi) is 8.65. The summed E-state index contributed by atoms with van der Waals surface area (Å²) in [7, 11) is 3.01. The Bertz CT molecular complexity index is 1190. The Balaban J connectivity index is 2.05. The number of benzene rings is 1. The Morgan fingerprint density at radius 2 is 1.81 bits per heavy atom. The molecule has 10 heteroatoms. The van der Waals surface area contributed by atoms with Crippen LogP contribution in [0, 0.1) is 0 Å². The van der Waals surface area contributed by atoms with Gasteiger partial charge in [-0.3, -0.25) is 24.3 Å². The van der Waals surface area contributed by atoms with Crippen molar-refractivity contribution in [1.82, 2.24) is 15.6 Å². The molecule has 0 radical (unpaired) electrons. The van der Waals surface area contributed by atoms with Crippen molar-refractivity contribution in [2.75, 3.05) is 25.7 Å². The van der Waals surface area contributed by atoms with Gasteiger partial charge < -0.3 is 20.1 Å². The fourth-order valence-electron chi connectivity index (χ4n) is 3.55. The van der Waals surface area contributed by atoms with E-state index in [1.54, 1.807) is 54.0 Å². The summed E-state index contributed by atoms with van der Waals surface area (Å²) < 4.78 is 10.8. The van der Waals surface area contributed by atoms with Gasteiger partial charge in [0.2, 0.25) is 11.8 Å². The van der Waals surface area contributed by atoms with Crippen molar-refractivity contribution in [2.24, 2.45) is 0 Å². The van der Waals surface area contributed by atoms with Gasteiger partial charge >= 0.3 is 0 Å². The van der Waals surface area contributed by atoms with E-state index in [4.69, 9.17) is 9.47 Å². The van der Waals surface area contributed by atoms with Gasteiger partial charge in [-0.1, -0.05) is 12.1 Å². The fourth-order valence-corrected chi connectivity index (χ4v) is 4.19. The molecule has 36 heavy (non-hydrogen) atoms. The Morgan fingerprint density at radius 3 is 2.39 bits per heavy atom. The van der Waals surface area contributed by atoms with Gasteiger partial charge in [0.1, 0.15) is 6.04 Å². The van der Waals surface area contributed by atoms with Crippen LogP contribution in [0.5, 0.6) is 11.5 Å². The first-order chi connectivity index (χ1) is 17.1. The highest BCUT2D eigenvalue weighted by molar-refractivity contribution is 7.12. The molecule has 0 spiro atoms. The monoisotopic (exact) mass is 510 g/mol. The zero-order chi connectivity index (χ0) is 26.3. The van der Waals surface area contributed by atoms with Gasteiger partial charge in [-0.05, 0) is 62.0 Å². The van der Waals surface area contributed by atoms with E-state index < -0.39 is 23.4 Å². The van der Waals surface area contributed by atoms with Crippen LogP contribution in [0.1, 0.15) is 42.0 Å². The number of methoxy groups -OCH3 is 2. The van der Waals surface area contributed by atoms with Crippen LogP contribution >= 0.6 is 11.3 Å². The highest BCUT2D eigenvalue weighted by Gasteiger charge is 2.35. The number of pyridine rings is 1. The summed E-state index contributed by atoms with van der Waals surface area (Å²) >= 11 is 1.27. The minimum atomic E-state index is -1.08. The third-order valence-electron chi connectivity index (χ3n) is 5.07. The van der Waals surface area contributed by atoms with Crippen LogP contribution in [0.25, 0.3) is 0 Å². The molecule has 3 aromatic rings. The van der Waals surface area contributed by atoms with Crippen LogP contribution in [0.15, 0.2) is 60.2 Å². The lowest BCUT2D eigenvalue weighted by Gasteiger charge is -2.33. The van der Waals surface area contributed by atoms with Crippen molar-refractivity contribution in [3.8, 4) is 11.5 Å². The van der Waals surface area contributed by atoms with Crippen LogP contribution in [-0.4, -0.2) is 49.0 Å². The standard InChI is InChI=1S/C26H30N4O5S/c1-26(2,3)29-25(33)23(17-10-11-19(34-4)20(14-17)35-5)30(18-8-6-12-27-15-18)22(31)16-28-24(32)21-9-7-13-36-21/h6-15,23H,16H2,1-5H3,(H,28,32)(H,29,33)/t23-/m1/s1. The number of nitrogens with zero attached hydrogens (tertiary/aromatic N) is 2. The second kappa shape index (κ2) is 11.7. The number of nitrogens with one attached hydrogen (secondary N) is 2. The maximum atomic E-state index is 13.7. The second-order valence-electron chi connectivity index (χ2n) is 8.89. The van der Waals surface area contributed by atoms with Crippen molar-refractivity contribution < 1.29 is 23.9 Å². The zero-order valence-corrected chi connectivity index (χ0v) is 21.7. The van der Waals surface area contributed by atoms with E-state index in [-0.39, 0.29) is 12.5 Å². The molecule has 9 nitrogen and oxygen atoms in total. The summed E-state index contributed by atoms with van der Waals surface area (Å²) in [6.07, 6.45) is 3.07. The molecule has 3 rings (SSSR count). The van der Waals surface area contributed by atoms with E-state index in [0.29, 0.717) is 27.6 Å². The van der Waals surface area contributed by atoms with Crippen LogP contribution in [0.4, 0.5) is 5.69 Å². The number of carbonyl (C=O) groups is 3. The molecular weight excluding hydrogens is 480 g/mol. The Morgan fingerprint density at radius 1 is 1.06 bits per heavy atom. The van der Waals surface area contributed by atoms with E-state index >= 15 is 0 Å². The van der Waals surface area contributed by atoms with E-state index in [2.05, 4.69) is 15.6 Å². The van der Waals surface area contributed by atoms with Gasteiger partial charge in [-0.2, -0.15) is 0 Å². The van der Waals surface area contributed by atoms with Gasteiger partial charge in [-0.15, -0.1) is 11.3 Å². The zero-order valence-electron chi connectivity index (χ0n) is 20.9. The lowest BCUT2D eigenvalue weighted by atomic mass is 10.00. The Hall–Kier alpha value is -3.92. The summed E-state index contributed by atoms with van der Waals surface area (Å²) in [6, 6.07) is 10.7. The first kappa shape index (κ1) is 26.7. The van der Waals surface area contributed by atoms with Gasteiger partial charge in [0.15, 0.2) is 11.5 Å². The summed E-state index contributed by atoms with van der Waals surface area (Å²) in [5, 5.41) is 7.40. The van der Waals surface area contributed by atoms with Crippen LogP contribution < -0.4 is 25.0 Å². The van der Waals surface area contributed by atoms with Gasteiger partial charge in [0.05, 0.1) is 37.5 Å². The lowest BCUT2D eigenvalue weighted by molar-refractivity contribution is -0.127. The van der Waals surface area contributed by atoms with Crippen molar-refractivity contribution in [3.63, 3.8) is 0 Å². The third-order valence-corrected chi connectivity index (χ3v) is 5.93. The van der Waals surface area contributed by atoms with Gasteiger partial charge in [-0.25, -0.2) is 0 Å². The quantitative estimate of drug-likeness (QED) is 0.455. The second-order valence-corrected chi connectivity index (χ2v) is 9.84. The molecule has 0 aliphatic rings. The number of hydrogen-bond donors (Lipinski definition) is 2. The number of anilines is 1. The first-order valence-electron chi connectivity index (χ1n) is 11.2. The van der Waals surface area contributed by atoms with E-state index in [1.165, 1.54) is 36.7 Å². The molecule has 2 heterocycles. The van der Waals surface area contributed by atoms with E-state index in [0.717, 1.165) is 0 Å². The normalized spacial score (nSPS) is 11.8. The molecule has 0 unspecified atom stereocenters. The predicted octanol–water partition coefficient (Wildman–Crippen LogP) is 3.58. The molecule has 2 N–H and O–H groups in total. The summed E-state index contributed by atoms with van der Waals surface area (Å²) in [5.74, 6) is -0.369. The van der Waals surface area contributed by atoms with Crippen LogP contribution in [0.3, 0.4) is 0 Å². The predicted molar refractivity (Wildman–Crippen MR) is 139 cm³/mol. The first-order valence-corrected chi connectivity index (χ1v) is 12.1. The molecule has 3 amide bonds. The van der Waals surface area contributed by atoms with Gasteiger partial charge in [0.25, 0.3) is 5.91 Å². The Labute approximate surface area is 214 Å². The highest BCUT2D eigenvalue weighted by Crippen LogP contribution is 2.34. The van der Waals surface area contributed by atoms with Crippen LogP contribution in [-0.2, 0) is 9.59 Å². The van der Waals surface area contributed by atoms with Crippen molar-refractivity contribution >= 4 is 34.7 Å². The maximum Gasteiger partial charge on any atom is 0.261 e. The minimum Gasteiger partial charge on any atom is -0.493 e. The number of aromatic nitrogens is 1. The topological polar surface area (TPSA) is 110 Å². The summed E-state index contributed by atoms with van der Waals surface area (Å²) in [4.78, 5) is 45.8. The van der Waals surface area contributed by atoms with E-state index in [1.807, 2.05) is 20.8 Å². The molecule has 0 saturated heterocycles. The SMILES string of the molecule is COc1ccc([C@H](C(=O)NC(C)(C)C)N(C(=O)CNC(=O)c2cccs2)c2cccnc2)cc1OC. The average Bonchev–Trinajstić information content (AvgIpc) is 3.40. The van der Waals surface area contributed by atoms with E-state index in [9.17, 15) is 14.4 Å².